The lowest BCUT2D eigenvalue weighted by Crippen LogP contribution is -2.12. The van der Waals surface area contributed by atoms with Crippen LogP contribution in [0.4, 0.5) is 0 Å². The molecular formula is C12H17BrN2S. The van der Waals surface area contributed by atoms with Crippen molar-refractivity contribution in [3.8, 4) is 0 Å². The van der Waals surface area contributed by atoms with E-state index in [0.717, 1.165) is 20.7 Å². The number of nitrogens with two attached hydrogens (primary N) is 1. The molecule has 0 aliphatic heterocycles. The Morgan fingerprint density at radius 3 is 2.75 bits per heavy atom. The van der Waals surface area contributed by atoms with E-state index in [2.05, 4.69) is 29.8 Å². The minimum atomic E-state index is 0.133. The number of nitrogen functional groups attached to an aromatic ring is 1. The van der Waals surface area contributed by atoms with E-state index in [-0.39, 0.29) is 5.84 Å². The molecule has 16 heavy (non-hydrogen) atoms. The second-order valence-corrected chi connectivity index (χ2v) is 6.14. The minimum Gasteiger partial charge on any atom is -0.384 e. The molecule has 0 spiro atoms. The normalized spacial score (nSPS) is 10.8. The molecule has 0 heterocycles. The lowest BCUT2D eigenvalue weighted by molar-refractivity contribution is 0.632. The summed E-state index contributed by atoms with van der Waals surface area (Å²) in [5, 5.41) is 7.54. The number of amidine groups is 1. The van der Waals surface area contributed by atoms with E-state index in [1.165, 1.54) is 6.42 Å². The highest BCUT2D eigenvalue weighted by Gasteiger charge is 2.07. The fourth-order valence-corrected chi connectivity index (χ4v) is 2.90. The molecule has 3 N–H and O–H groups in total. The molecule has 0 bridgehead atoms. The Bertz CT molecular complexity index is 377. The topological polar surface area (TPSA) is 49.9 Å². The molecule has 0 amide bonds. The maximum Gasteiger partial charge on any atom is 0.123 e. The van der Waals surface area contributed by atoms with E-state index in [4.69, 9.17) is 11.1 Å². The van der Waals surface area contributed by atoms with Crippen molar-refractivity contribution in [2.75, 3.05) is 5.75 Å². The zero-order valence-corrected chi connectivity index (χ0v) is 12.0. The first-order valence-corrected chi connectivity index (χ1v) is 7.05. The molecule has 0 saturated heterocycles. The van der Waals surface area contributed by atoms with Crippen molar-refractivity contribution in [3.63, 3.8) is 0 Å². The first kappa shape index (κ1) is 13.6. The van der Waals surface area contributed by atoms with Gasteiger partial charge in [-0.15, -0.1) is 11.8 Å². The van der Waals surface area contributed by atoms with Crippen molar-refractivity contribution < 1.29 is 0 Å². The SMILES string of the molecule is CC(C)CCSc1ccc(Br)cc1C(=N)N. The van der Waals surface area contributed by atoms with Gasteiger partial charge in [-0.3, -0.25) is 5.41 Å². The van der Waals surface area contributed by atoms with Crippen LogP contribution in [0.1, 0.15) is 25.8 Å². The van der Waals surface area contributed by atoms with Gasteiger partial charge in [0.25, 0.3) is 0 Å². The number of benzene rings is 1. The van der Waals surface area contributed by atoms with E-state index in [0.29, 0.717) is 5.92 Å². The minimum absolute atomic E-state index is 0.133. The van der Waals surface area contributed by atoms with Gasteiger partial charge >= 0.3 is 0 Å². The highest BCUT2D eigenvalue weighted by Crippen LogP contribution is 2.27. The number of thioether (sulfide) groups is 1. The zero-order chi connectivity index (χ0) is 12.1. The van der Waals surface area contributed by atoms with Gasteiger partial charge in [-0.05, 0) is 36.3 Å². The largest absolute Gasteiger partial charge is 0.384 e. The van der Waals surface area contributed by atoms with Crippen molar-refractivity contribution >= 4 is 33.5 Å². The van der Waals surface area contributed by atoms with Gasteiger partial charge in [0.1, 0.15) is 5.84 Å². The smallest absolute Gasteiger partial charge is 0.123 e. The maximum atomic E-state index is 7.54. The van der Waals surface area contributed by atoms with Crippen LogP contribution in [0.25, 0.3) is 0 Å². The van der Waals surface area contributed by atoms with Gasteiger partial charge in [0, 0.05) is 14.9 Å². The third-order valence-electron chi connectivity index (χ3n) is 2.18. The van der Waals surface area contributed by atoms with E-state index >= 15 is 0 Å². The van der Waals surface area contributed by atoms with Gasteiger partial charge in [-0.25, -0.2) is 0 Å². The van der Waals surface area contributed by atoms with Crippen LogP contribution in [-0.4, -0.2) is 11.6 Å². The van der Waals surface area contributed by atoms with Crippen LogP contribution in [0.2, 0.25) is 0 Å². The molecule has 0 unspecified atom stereocenters. The van der Waals surface area contributed by atoms with E-state index in [1.807, 2.05) is 18.2 Å². The van der Waals surface area contributed by atoms with Gasteiger partial charge in [0.05, 0.1) is 0 Å². The predicted molar refractivity (Wildman–Crippen MR) is 75.3 cm³/mol. The van der Waals surface area contributed by atoms with Crippen molar-refractivity contribution in [2.24, 2.45) is 11.7 Å². The standard InChI is InChI=1S/C12H17BrN2S/c1-8(2)5-6-16-11-4-3-9(13)7-10(11)12(14)15/h3-4,7-8H,5-6H2,1-2H3,(H3,14,15). The van der Waals surface area contributed by atoms with Crippen LogP contribution in [0.15, 0.2) is 27.6 Å². The van der Waals surface area contributed by atoms with Crippen LogP contribution in [0.5, 0.6) is 0 Å². The van der Waals surface area contributed by atoms with E-state index < -0.39 is 0 Å². The fraction of sp³-hybridized carbons (Fsp3) is 0.417. The fourth-order valence-electron chi connectivity index (χ4n) is 1.24. The molecule has 0 fully saturated rings. The van der Waals surface area contributed by atoms with Crippen LogP contribution in [0.3, 0.4) is 0 Å². The highest BCUT2D eigenvalue weighted by molar-refractivity contribution is 9.10. The third-order valence-corrected chi connectivity index (χ3v) is 3.78. The molecule has 4 heteroatoms. The summed E-state index contributed by atoms with van der Waals surface area (Å²) in [6.07, 6.45) is 1.18. The van der Waals surface area contributed by atoms with Crippen LogP contribution in [0, 0.1) is 11.3 Å². The summed E-state index contributed by atoms with van der Waals surface area (Å²) in [5.41, 5.74) is 6.39. The zero-order valence-electron chi connectivity index (χ0n) is 9.59. The van der Waals surface area contributed by atoms with Gasteiger partial charge in [0.15, 0.2) is 0 Å². The first-order chi connectivity index (χ1) is 7.50. The van der Waals surface area contributed by atoms with E-state index in [1.54, 1.807) is 11.8 Å². The first-order valence-electron chi connectivity index (χ1n) is 5.27. The van der Waals surface area contributed by atoms with Crippen molar-refractivity contribution in [1.29, 1.82) is 5.41 Å². The third kappa shape index (κ3) is 4.18. The average molecular weight is 301 g/mol. The Hall–Kier alpha value is -0.480. The average Bonchev–Trinajstić information content (AvgIpc) is 2.19. The number of hydrogen-bond acceptors (Lipinski definition) is 2. The van der Waals surface area contributed by atoms with Crippen LogP contribution in [-0.2, 0) is 0 Å². The molecule has 0 aliphatic carbocycles. The molecule has 1 rings (SSSR count). The molecular weight excluding hydrogens is 284 g/mol. The van der Waals surface area contributed by atoms with Crippen molar-refractivity contribution in [3.05, 3.63) is 28.2 Å². The lowest BCUT2D eigenvalue weighted by Gasteiger charge is -2.09. The summed E-state index contributed by atoms with van der Waals surface area (Å²) in [4.78, 5) is 1.09. The lowest BCUT2D eigenvalue weighted by atomic mass is 10.2. The number of nitrogens with one attached hydrogen (secondary N) is 1. The van der Waals surface area contributed by atoms with Crippen LogP contribution >= 0.6 is 27.7 Å². The number of rotatable bonds is 5. The molecule has 0 aliphatic rings. The number of hydrogen-bond donors (Lipinski definition) is 2. The summed E-state index contributed by atoms with van der Waals surface area (Å²) in [6.45, 7) is 4.43. The highest BCUT2D eigenvalue weighted by atomic mass is 79.9. The molecule has 1 aromatic carbocycles. The van der Waals surface area contributed by atoms with Gasteiger partial charge in [-0.1, -0.05) is 29.8 Å². The summed E-state index contributed by atoms with van der Waals surface area (Å²) in [7, 11) is 0. The van der Waals surface area contributed by atoms with Gasteiger partial charge in [-0.2, -0.15) is 0 Å². The second-order valence-electron chi connectivity index (χ2n) is 4.09. The van der Waals surface area contributed by atoms with Crippen molar-refractivity contribution in [1.82, 2.24) is 0 Å². The molecule has 0 aromatic heterocycles. The van der Waals surface area contributed by atoms with Crippen LogP contribution < -0.4 is 5.73 Å². The maximum absolute atomic E-state index is 7.54. The van der Waals surface area contributed by atoms with Gasteiger partial charge in [0.2, 0.25) is 0 Å². The summed E-state index contributed by atoms with van der Waals surface area (Å²) in [6, 6.07) is 5.91. The Morgan fingerprint density at radius 1 is 1.50 bits per heavy atom. The predicted octanol–water partition coefficient (Wildman–Crippen LogP) is 3.87. The van der Waals surface area contributed by atoms with Gasteiger partial charge < -0.3 is 5.73 Å². The Balaban J connectivity index is 2.75. The molecule has 88 valence electrons. The summed E-state index contributed by atoms with van der Waals surface area (Å²) in [5.74, 6) is 1.91. The second kappa shape index (κ2) is 6.30. The molecule has 1 aromatic rings. The van der Waals surface area contributed by atoms with E-state index in [9.17, 15) is 0 Å². The molecule has 2 nitrogen and oxygen atoms in total. The quantitative estimate of drug-likeness (QED) is 0.493. The monoisotopic (exact) mass is 300 g/mol. The Morgan fingerprint density at radius 2 is 2.19 bits per heavy atom. The van der Waals surface area contributed by atoms with Crippen molar-refractivity contribution in [2.45, 2.75) is 25.2 Å². The molecule has 0 saturated carbocycles. The Labute approximate surface area is 110 Å². The summed E-state index contributed by atoms with van der Waals surface area (Å²) >= 11 is 5.17. The molecule has 0 atom stereocenters. The summed E-state index contributed by atoms with van der Waals surface area (Å²) < 4.78 is 0.964. The molecule has 0 radical (unpaired) electrons. The number of halogens is 1. The Kier molecular flexibility index (Phi) is 5.35.